The number of benzene rings is 1. The number of aryl methyl sites for hydroxylation is 1. The molecule has 2 nitrogen and oxygen atoms in total. The van der Waals surface area contributed by atoms with Gasteiger partial charge < -0.3 is 8.98 Å². The predicted octanol–water partition coefficient (Wildman–Crippen LogP) is 3.73. The van der Waals surface area contributed by atoms with Crippen molar-refractivity contribution in [2.24, 2.45) is 0 Å². The molecule has 0 spiro atoms. The average molecular weight is 229 g/mol. The second kappa shape index (κ2) is 3.77. The molecular formula is C14H12FNO. The van der Waals surface area contributed by atoms with Crippen LogP contribution in [0.3, 0.4) is 0 Å². The van der Waals surface area contributed by atoms with Crippen molar-refractivity contribution in [3.05, 3.63) is 59.9 Å². The normalized spacial score (nSPS) is 11.2. The lowest BCUT2D eigenvalue weighted by molar-refractivity contribution is 0.473. The summed E-state index contributed by atoms with van der Waals surface area (Å²) in [4.78, 5) is 0. The fourth-order valence-corrected chi connectivity index (χ4v) is 2.05. The topological polar surface area (TPSA) is 18.1 Å². The van der Waals surface area contributed by atoms with Crippen molar-refractivity contribution in [3.63, 3.8) is 0 Å². The van der Waals surface area contributed by atoms with E-state index in [2.05, 4.69) is 0 Å². The molecule has 0 amide bonds. The molecule has 1 aromatic carbocycles. The van der Waals surface area contributed by atoms with E-state index < -0.39 is 0 Å². The Kier molecular flexibility index (Phi) is 2.25. The van der Waals surface area contributed by atoms with Gasteiger partial charge >= 0.3 is 0 Å². The largest absolute Gasteiger partial charge is 0.464 e. The van der Waals surface area contributed by atoms with E-state index in [0.717, 1.165) is 22.4 Å². The SMILES string of the molecule is Cc1ccc(Cn2ccc3cc(F)ccc32)o1. The summed E-state index contributed by atoms with van der Waals surface area (Å²) in [6, 6.07) is 10.6. The Morgan fingerprint density at radius 3 is 2.82 bits per heavy atom. The highest BCUT2D eigenvalue weighted by Crippen LogP contribution is 2.19. The molecule has 0 aliphatic rings. The second-order valence-corrected chi connectivity index (χ2v) is 4.16. The van der Waals surface area contributed by atoms with Crippen molar-refractivity contribution in [3.8, 4) is 0 Å². The molecule has 3 rings (SSSR count). The van der Waals surface area contributed by atoms with Gasteiger partial charge in [0, 0.05) is 17.1 Å². The van der Waals surface area contributed by atoms with Crippen LogP contribution in [-0.2, 0) is 6.54 Å². The highest BCUT2D eigenvalue weighted by molar-refractivity contribution is 5.80. The lowest BCUT2D eigenvalue weighted by atomic mass is 10.2. The van der Waals surface area contributed by atoms with E-state index in [9.17, 15) is 4.39 Å². The molecule has 3 aromatic rings. The highest BCUT2D eigenvalue weighted by Gasteiger charge is 2.05. The third-order valence-electron chi connectivity index (χ3n) is 2.86. The minimum absolute atomic E-state index is 0.205. The van der Waals surface area contributed by atoms with Gasteiger partial charge in [-0.05, 0) is 43.3 Å². The molecule has 0 aliphatic carbocycles. The van der Waals surface area contributed by atoms with Gasteiger partial charge in [-0.15, -0.1) is 0 Å². The van der Waals surface area contributed by atoms with Crippen LogP contribution < -0.4 is 0 Å². The number of aromatic nitrogens is 1. The summed E-state index contributed by atoms with van der Waals surface area (Å²) >= 11 is 0. The Bertz CT molecular complexity index is 666. The van der Waals surface area contributed by atoms with Crippen LogP contribution in [0.25, 0.3) is 10.9 Å². The van der Waals surface area contributed by atoms with Gasteiger partial charge in [-0.3, -0.25) is 0 Å². The maximum Gasteiger partial charge on any atom is 0.123 e. The summed E-state index contributed by atoms with van der Waals surface area (Å²) in [6.45, 7) is 2.59. The number of fused-ring (bicyclic) bond motifs is 1. The van der Waals surface area contributed by atoms with Crippen LogP contribution in [0.15, 0.2) is 47.0 Å². The van der Waals surface area contributed by atoms with Gasteiger partial charge in [0.05, 0.1) is 6.54 Å². The monoisotopic (exact) mass is 229 g/mol. The van der Waals surface area contributed by atoms with Gasteiger partial charge in [0.1, 0.15) is 17.3 Å². The average Bonchev–Trinajstić information content (AvgIpc) is 2.86. The number of halogens is 1. The van der Waals surface area contributed by atoms with Gasteiger partial charge in [-0.25, -0.2) is 4.39 Å². The van der Waals surface area contributed by atoms with Crippen LogP contribution in [0.1, 0.15) is 11.5 Å². The molecule has 0 aliphatic heterocycles. The molecule has 17 heavy (non-hydrogen) atoms. The van der Waals surface area contributed by atoms with Gasteiger partial charge in [0.25, 0.3) is 0 Å². The van der Waals surface area contributed by atoms with Crippen LogP contribution in [0.2, 0.25) is 0 Å². The fourth-order valence-electron chi connectivity index (χ4n) is 2.05. The summed E-state index contributed by atoms with van der Waals surface area (Å²) in [5.41, 5.74) is 1.01. The molecule has 0 unspecified atom stereocenters. The quantitative estimate of drug-likeness (QED) is 0.654. The molecule has 2 heterocycles. The first-order valence-corrected chi connectivity index (χ1v) is 5.52. The number of rotatable bonds is 2. The highest BCUT2D eigenvalue weighted by atomic mass is 19.1. The van der Waals surface area contributed by atoms with Crippen LogP contribution in [-0.4, -0.2) is 4.57 Å². The van der Waals surface area contributed by atoms with Crippen LogP contribution in [0, 0.1) is 12.7 Å². The summed E-state index contributed by atoms with van der Waals surface area (Å²) in [5.74, 6) is 1.61. The first kappa shape index (κ1) is 10.1. The lowest BCUT2D eigenvalue weighted by Crippen LogP contribution is -1.96. The zero-order valence-electron chi connectivity index (χ0n) is 9.48. The number of hydrogen-bond donors (Lipinski definition) is 0. The first-order chi connectivity index (χ1) is 8.22. The molecule has 0 saturated heterocycles. The minimum atomic E-state index is -0.205. The van der Waals surface area contributed by atoms with E-state index in [1.807, 2.05) is 35.9 Å². The molecular weight excluding hydrogens is 217 g/mol. The molecule has 2 aromatic heterocycles. The van der Waals surface area contributed by atoms with E-state index in [-0.39, 0.29) is 5.82 Å². The minimum Gasteiger partial charge on any atom is -0.464 e. The van der Waals surface area contributed by atoms with Gasteiger partial charge in [-0.1, -0.05) is 0 Å². The Balaban J connectivity index is 2.00. The van der Waals surface area contributed by atoms with Crippen molar-refractivity contribution >= 4 is 10.9 Å². The first-order valence-electron chi connectivity index (χ1n) is 5.52. The maximum atomic E-state index is 13.0. The van der Waals surface area contributed by atoms with Crippen molar-refractivity contribution in [2.75, 3.05) is 0 Å². The van der Waals surface area contributed by atoms with E-state index in [4.69, 9.17) is 4.42 Å². The van der Waals surface area contributed by atoms with E-state index in [1.54, 1.807) is 12.1 Å². The molecule has 0 fully saturated rings. The van der Waals surface area contributed by atoms with E-state index in [1.165, 1.54) is 6.07 Å². The van der Waals surface area contributed by atoms with Gasteiger partial charge in [0.2, 0.25) is 0 Å². The van der Waals surface area contributed by atoms with Crippen LogP contribution >= 0.6 is 0 Å². The summed E-state index contributed by atoms with van der Waals surface area (Å²) in [5, 5.41) is 0.910. The summed E-state index contributed by atoms with van der Waals surface area (Å²) in [6.07, 6.45) is 1.95. The summed E-state index contributed by atoms with van der Waals surface area (Å²) < 4.78 is 20.6. The molecule has 86 valence electrons. The zero-order valence-corrected chi connectivity index (χ0v) is 9.48. The van der Waals surface area contributed by atoms with E-state index in [0.29, 0.717) is 6.54 Å². The number of hydrogen-bond acceptors (Lipinski definition) is 1. The Labute approximate surface area is 98.3 Å². The van der Waals surface area contributed by atoms with Gasteiger partial charge in [-0.2, -0.15) is 0 Å². The summed E-state index contributed by atoms with van der Waals surface area (Å²) in [7, 11) is 0. The molecule has 0 atom stereocenters. The predicted molar refractivity (Wildman–Crippen MR) is 64.4 cm³/mol. The lowest BCUT2D eigenvalue weighted by Gasteiger charge is -2.02. The van der Waals surface area contributed by atoms with Crippen molar-refractivity contribution in [1.29, 1.82) is 0 Å². The molecule has 0 N–H and O–H groups in total. The third kappa shape index (κ3) is 1.84. The van der Waals surface area contributed by atoms with Crippen LogP contribution in [0.4, 0.5) is 4.39 Å². The van der Waals surface area contributed by atoms with Crippen molar-refractivity contribution < 1.29 is 8.81 Å². The standard InChI is InChI=1S/C14H12FNO/c1-10-2-4-13(17-10)9-16-7-6-11-8-12(15)3-5-14(11)16/h2-8H,9H2,1H3. The van der Waals surface area contributed by atoms with Crippen LogP contribution in [0.5, 0.6) is 0 Å². The third-order valence-corrected chi connectivity index (χ3v) is 2.86. The Morgan fingerprint density at radius 1 is 1.18 bits per heavy atom. The molecule has 0 bridgehead atoms. The van der Waals surface area contributed by atoms with Crippen molar-refractivity contribution in [1.82, 2.24) is 4.57 Å². The zero-order chi connectivity index (χ0) is 11.8. The maximum absolute atomic E-state index is 13.0. The fraction of sp³-hybridized carbons (Fsp3) is 0.143. The van der Waals surface area contributed by atoms with E-state index >= 15 is 0 Å². The second-order valence-electron chi connectivity index (χ2n) is 4.16. The smallest absolute Gasteiger partial charge is 0.123 e. The Morgan fingerprint density at radius 2 is 2.06 bits per heavy atom. The molecule has 0 saturated carbocycles. The number of nitrogens with zero attached hydrogens (tertiary/aromatic N) is 1. The number of furan rings is 1. The molecule has 0 radical (unpaired) electrons. The van der Waals surface area contributed by atoms with Gasteiger partial charge in [0.15, 0.2) is 0 Å². The molecule has 3 heteroatoms. The Hall–Kier alpha value is -2.03. The van der Waals surface area contributed by atoms with Crippen molar-refractivity contribution in [2.45, 2.75) is 13.5 Å².